The molecule has 0 aromatic carbocycles. The van der Waals surface area contributed by atoms with Gasteiger partial charge in [0.25, 0.3) is 5.91 Å². The minimum atomic E-state index is -0.213. The zero-order valence-corrected chi connectivity index (χ0v) is 10.4. The summed E-state index contributed by atoms with van der Waals surface area (Å²) in [5.74, 6) is 0.313. The summed E-state index contributed by atoms with van der Waals surface area (Å²) in [5.41, 5.74) is 2.05. The van der Waals surface area contributed by atoms with Gasteiger partial charge in [-0.3, -0.25) is 4.79 Å². The Labute approximate surface area is 109 Å². The number of amides is 1. The predicted molar refractivity (Wildman–Crippen MR) is 72.1 cm³/mol. The number of aromatic nitrogens is 3. The van der Waals surface area contributed by atoms with Gasteiger partial charge in [0.05, 0.1) is 11.3 Å². The van der Waals surface area contributed by atoms with Crippen molar-refractivity contribution in [3.05, 3.63) is 60.2 Å². The molecule has 0 aliphatic heterocycles. The Morgan fingerprint density at radius 2 is 2.16 bits per heavy atom. The molecule has 3 heterocycles. The molecule has 19 heavy (non-hydrogen) atoms. The lowest BCUT2D eigenvalue weighted by atomic mass is 10.2. The van der Waals surface area contributed by atoms with Gasteiger partial charge in [-0.2, -0.15) is 0 Å². The topological polar surface area (TPSA) is 59.3 Å². The van der Waals surface area contributed by atoms with Crippen molar-refractivity contribution in [1.82, 2.24) is 14.4 Å². The van der Waals surface area contributed by atoms with E-state index in [4.69, 9.17) is 0 Å². The van der Waals surface area contributed by atoms with Crippen molar-refractivity contribution in [3.63, 3.8) is 0 Å². The van der Waals surface area contributed by atoms with Gasteiger partial charge in [-0.05, 0) is 31.2 Å². The molecule has 1 N–H and O–H groups in total. The van der Waals surface area contributed by atoms with Crippen molar-refractivity contribution in [2.24, 2.45) is 0 Å². The average Bonchev–Trinajstić information content (AvgIpc) is 2.79. The van der Waals surface area contributed by atoms with E-state index in [9.17, 15) is 4.79 Å². The maximum Gasteiger partial charge on any atom is 0.260 e. The Morgan fingerprint density at radius 3 is 2.95 bits per heavy atom. The largest absolute Gasteiger partial charge is 0.306 e. The number of nitrogens with one attached hydrogen (secondary N) is 1. The van der Waals surface area contributed by atoms with Crippen molar-refractivity contribution in [1.29, 1.82) is 0 Å². The first kappa shape index (κ1) is 11.4. The Morgan fingerprint density at radius 1 is 1.26 bits per heavy atom. The summed E-state index contributed by atoms with van der Waals surface area (Å²) in [7, 11) is 0. The molecule has 5 nitrogen and oxygen atoms in total. The molecule has 0 unspecified atom stereocenters. The molecule has 94 valence electrons. The van der Waals surface area contributed by atoms with Crippen LogP contribution in [-0.2, 0) is 0 Å². The van der Waals surface area contributed by atoms with E-state index < -0.39 is 0 Å². The van der Waals surface area contributed by atoms with Gasteiger partial charge < -0.3 is 9.72 Å². The molecule has 0 aliphatic carbocycles. The van der Waals surface area contributed by atoms with Gasteiger partial charge in [0.1, 0.15) is 11.5 Å². The molecule has 5 heteroatoms. The van der Waals surface area contributed by atoms with Crippen LogP contribution < -0.4 is 5.32 Å². The molecule has 3 aromatic heterocycles. The van der Waals surface area contributed by atoms with Crippen molar-refractivity contribution in [3.8, 4) is 0 Å². The van der Waals surface area contributed by atoms with Crippen LogP contribution in [0.3, 0.4) is 0 Å². The second-order valence-corrected chi connectivity index (χ2v) is 4.20. The van der Waals surface area contributed by atoms with Crippen LogP contribution in [-0.4, -0.2) is 20.3 Å². The van der Waals surface area contributed by atoms with Crippen LogP contribution in [0.5, 0.6) is 0 Å². The number of fused-ring (bicyclic) bond motifs is 1. The summed E-state index contributed by atoms with van der Waals surface area (Å²) in [6.07, 6.45) is 5.38. The van der Waals surface area contributed by atoms with Crippen LogP contribution in [0.1, 0.15) is 16.1 Å². The second kappa shape index (κ2) is 4.53. The van der Waals surface area contributed by atoms with E-state index in [0.717, 1.165) is 5.69 Å². The highest BCUT2D eigenvalue weighted by Crippen LogP contribution is 2.12. The van der Waals surface area contributed by atoms with Crippen molar-refractivity contribution >= 4 is 17.4 Å². The molecule has 0 aliphatic rings. The molecule has 1 amide bonds. The first-order valence-corrected chi connectivity index (χ1v) is 5.91. The quantitative estimate of drug-likeness (QED) is 0.761. The average molecular weight is 252 g/mol. The molecule has 0 radical (unpaired) electrons. The predicted octanol–water partition coefficient (Wildman–Crippen LogP) is 2.29. The van der Waals surface area contributed by atoms with Crippen LogP contribution in [0.15, 0.2) is 48.9 Å². The maximum atomic E-state index is 12.2. The number of imidazole rings is 1. The zero-order valence-electron chi connectivity index (χ0n) is 10.4. The number of nitrogens with zero attached hydrogens (tertiary/aromatic N) is 3. The van der Waals surface area contributed by atoms with Gasteiger partial charge >= 0.3 is 0 Å². The van der Waals surface area contributed by atoms with Crippen LogP contribution in [0, 0.1) is 6.92 Å². The summed E-state index contributed by atoms with van der Waals surface area (Å²) >= 11 is 0. The molecule has 0 saturated carbocycles. The molecular formula is C14H12N4O. The third-order valence-corrected chi connectivity index (χ3v) is 2.75. The molecule has 0 fully saturated rings. The van der Waals surface area contributed by atoms with Gasteiger partial charge in [-0.1, -0.05) is 6.07 Å². The maximum absolute atomic E-state index is 12.2. The Bertz CT molecular complexity index is 734. The van der Waals surface area contributed by atoms with Gasteiger partial charge in [0, 0.05) is 18.6 Å². The zero-order chi connectivity index (χ0) is 13.2. The number of pyridine rings is 2. The van der Waals surface area contributed by atoms with E-state index in [2.05, 4.69) is 15.3 Å². The second-order valence-electron chi connectivity index (χ2n) is 4.20. The third kappa shape index (κ3) is 2.18. The summed E-state index contributed by atoms with van der Waals surface area (Å²) in [6.45, 7) is 1.90. The third-order valence-electron chi connectivity index (χ3n) is 2.75. The summed E-state index contributed by atoms with van der Waals surface area (Å²) in [5, 5.41) is 2.76. The highest BCUT2D eigenvalue weighted by atomic mass is 16.1. The molecule has 3 rings (SSSR count). The fourth-order valence-corrected chi connectivity index (χ4v) is 1.93. The van der Waals surface area contributed by atoms with Crippen molar-refractivity contribution in [2.45, 2.75) is 6.92 Å². The Balaban J connectivity index is 1.98. The first-order valence-electron chi connectivity index (χ1n) is 5.91. The van der Waals surface area contributed by atoms with Gasteiger partial charge in [-0.15, -0.1) is 0 Å². The Hall–Kier alpha value is -2.69. The number of hydrogen-bond acceptors (Lipinski definition) is 3. The molecule has 0 bridgehead atoms. The monoisotopic (exact) mass is 252 g/mol. The minimum Gasteiger partial charge on any atom is -0.306 e. The SMILES string of the molecule is Cc1cn2cccc(C(=O)Nc3ccccn3)c2n1. The smallest absolute Gasteiger partial charge is 0.260 e. The highest BCUT2D eigenvalue weighted by Gasteiger charge is 2.12. The lowest BCUT2D eigenvalue weighted by Crippen LogP contribution is -2.14. The molecule has 0 spiro atoms. The number of rotatable bonds is 2. The normalized spacial score (nSPS) is 10.6. The van der Waals surface area contributed by atoms with Crippen LogP contribution in [0.25, 0.3) is 5.65 Å². The summed E-state index contributed by atoms with van der Waals surface area (Å²) < 4.78 is 1.84. The van der Waals surface area contributed by atoms with Crippen molar-refractivity contribution in [2.75, 3.05) is 5.32 Å². The van der Waals surface area contributed by atoms with Gasteiger partial charge in [0.15, 0.2) is 0 Å². The van der Waals surface area contributed by atoms with E-state index in [1.807, 2.05) is 35.9 Å². The Kier molecular flexibility index (Phi) is 2.72. The summed E-state index contributed by atoms with van der Waals surface area (Å²) in [4.78, 5) is 20.7. The van der Waals surface area contributed by atoms with E-state index in [1.54, 1.807) is 24.4 Å². The molecule has 3 aromatic rings. The lowest BCUT2D eigenvalue weighted by molar-refractivity contribution is 0.102. The molecule has 0 atom stereocenters. The minimum absolute atomic E-state index is 0.213. The summed E-state index contributed by atoms with van der Waals surface area (Å²) in [6, 6.07) is 8.94. The number of carbonyl (C=O) groups is 1. The van der Waals surface area contributed by atoms with Crippen LogP contribution in [0.4, 0.5) is 5.82 Å². The number of aryl methyl sites for hydroxylation is 1. The van der Waals surface area contributed by atoms with Gasteiger partial charge in [-0.25, -0.2) is 9.97 Å². The standard InChI is InChI=1S/C14H12N4O/c1-10-9-18-8-4-5-11(13(18)16-10)14(19)17-12-6-2-3-7-15-12/h2-9H,1H3,(H,15,17,19). The van der Waals surface area contributed by atoms with Crippen molar-refractivity contribution < 1.29 is 4.79 Å². The number of carbonyl (C=O) groups excluding carboxylic acids is 1. The van der Waals surface area contributed by atoms with E-state index >= 15 is 0 Å². The lowest BCUT2D eigenvalue weighted by Gasteiger charge is -2.05. The van der Waals surface area contributed by atoms with Crippen LogP contribution >= 0.6 is 0 Å². The van der Waals surface area contributed by atoms with Crippen LogP contribution in [0.2, 0.25) is 0 Å². The molecule has 0 saturated heterocycles. The fourth-order valence-electron chi connectivity index (χ4n) is 1.93. The number of anilines is 1. The fraction of sp³-hybridized carbons (Fsp3) is 0.0714. The highest BCUT2D eigenvalue weighted by molar-refractivity contribution is 6.07. The van der Waals surface area contributed by atoms with E-state index in [0.29, 0.717) is 17.0 Å². The van der Waals surface area contributed by atoms with Gasteiger partial charge in [0.2, 0.25) is 0 Å². The van der Waals surface area contributed by atoms with E-state index in [-0.39, 0.29) is 5.91 Å². The number of hydrogen-bond donors (Lipinski definition) is 1. The first-order chi connectivity index (χ1) is 9.24. The molecular weight excluding hydrogens is 240 g/mol. The van der Waals surface area contributed by atoms with E-state index in [1.165, 1.54) is 0 Å².